The molecule has 0 aliphatic carbocycles. The molecular weight excluding hydrogens is 406 g/mol. The van der Waals surface area contributed by atoms with Gasteiger partial charge in [-0.3, -0.25) is 13.9 Å². The summed E-state index contributed by atoms with van der Waals surface area (Å²) in [5.74, 6) is -0.227. The average molecular weight is 427 g/mol. The van der Waals surface area contributed by atoms with E-state index in [9.17, 15) is 18.0 Å². The van der Waals surface area contributed by atoms with E-state index in [-0.39, 0.29) is 18.0 Å². The molecule has 0 radical (unpaired) electrons. The number of amides is 2. The number of nitrogens with zero attached hydrogens (tertiary/aromatic N) is 1. The molecule has 3 rings (SSSR count). The van der Waals surface area contributed by atoms with E-state index in [1.54, 1.807) is 54.6 Å². The fraction of sp³-hybridized carbons (Fsp3) is 0.143. The summed E-state index contributed by atoms with van der Waals surface area (Å²) in [6.45, 7) is 0.216. The molecule has 3 aromatic rings. The van der Waals surface area contributed by atoms with Crippen LogP contribution in [0.3, 0.4) is 0 Å². The number of nitrogens with one attached hydrogen (secondary N) is 2. The van der Waals surface area contributed by atoms with E-state index in [1.165, 1.54) is 19.4 Å². The zero-order chi connectivity index (χ0) is 21.7. The first-order chi connectivity index (χ1) is 14.3. The molecule has 0 atom stereocenters. The number of rotatable bonds is 7. The quantitative estimate of drug-likeness (QED) is 0.603. The first-order valence-electron chi connectivity index (χ1n) is 9.00. The monoisotopic (exact) mass is 427 g/mol. The van der Waals surface area contributed by atoms with Crippen LogP contribution in [0.2, 0.25) is 0 Å². The van der Waals surface area contributed by atoms with E-state index in [4.69, 9.17) is 4.42 Å². The van der Waals surface area contributed by atoms with E-state index >= 15 is 0 Å². The number of benzene rings is 2. The van der Waals surface area contributed by atoms with Crippen molar-refractivity contribution in [1.82, 2.24) is 5.32 Å². The molecule has 0 aliphatic heterocycles. The zero-order valence-electron chi connectivity index (χ0n) is 16.5. The summed E-state index contributed by atoms with van der Waals surface area (Å²) < 4.78 is 29.8. The van der Waals surface area contributed by atoms with Crippen LogP contribution in [0.4, 0.5) is 11.4 Å². The third-order valence-corrected chi connectivity index (χ3v) is 5.60. The summed E-state index contributed by atoms with van der Waals surface area (Å²) in [6.07, 6.45) is 2.60. The second kappa shape index (κ2) is 8.83. The van der Waals surface area contributed by atoms with Gasteiger partial charge < -0.3 is 15.1 Å². The van der Waals surface area contributed by atoms with Crippen LogP contribution in [0.15, 0.2) is 71.3 Å². The summed E-state index contributed by atoms with van der Waals surface area (Å²) in [4.78, 5) is 25.3. The van der Waals surface area contributed by atoms with Gasteiger partial charge in [0, 0.05) is 12.6 Å². The van der Waals surface area contributed by atoms with E-state index in [0.29, 0.717) is 22.7 Å². The molecule has 0 spiro atoms. The average Bonchev–Trinajstić information content (AvgIpc) is 3.25. The topological polar surface area (TPSA) is 109 Å². The van der Waals surface area contributed by atoms with Crippen LogP contribution in [0.25, 0.3) is 0 Å². The maximum absolute atomic E-state index is 12.7. The Balaban J connectivity index is 1.77. The van der Waals surface area contributed by atoms with Gasteiger partial charge in [0.15, 0.2) is 0 Å². The Morgan fingerprint density at radius 1 is 1.00 bits per heavy atom. The third-order valence-electron chi connectivity index (χ3n) is 4.39. The van der Waals surface area contributed by atoms with Gasteiger partial charge in [0.1, 0.15) is 5.76 Å². The molecule has 30 heavy (non-hydrogen) atoms. The molecule has 8 nitrogen and oxygen atoms in total. The highest BCUT2D eigenvalue weighted by Crippen LogP contribution is 2.20. The van der Waals surface area contributed by atoms with E-state index in [1.807, 2.05) is 0 Å². The number of hydrogen-bond donors (Lipinski definition) is 2. The van der Waals surface area contributed by atoms with Crippen LogP contribution in [-0.2, 0) is 16.6 Å². The first-order valence-corrected chi connectivity index (χ1v) is 10.9. The zero-order valence-corrected chi connectivity index (χ0v) is 17.3. The van der Waals surface area contributed by atoms with Gasteiger partial charge in [0.2, 0.25) is 10.0 Å². The van der Waals surface area contributed by atoms with Gasteiger partial charge in [-0.25, -0.2) is 8.42 Å². The molecule has 2 N–H and O–H groups in total. The molecule has 9 heteroatoms. The minimum Gasteiger partial charge on any atom is -0.467 e. The molecule has 0 unspecified atom stereocenters. The maximum Gasteiger partial charge on any atom is 0.255 e. The maximum atomic E-state index is 12.7. The lowest BCUT2D eigenvalue weighted by molar-refractivity contribution is 0.0949. The number of furan rings is 1. The molecule has 0 aliphatic rings. The van der Waals surface area contributed by atoms with Crippen LogP contribution in [0.5, 0.6) is 0 Å². The van der Waals surface area contributed by atoms with E-state index in [0.717, 1.165) is 10.6 Å². The Labute approximate surface area is 174 Å². The van der Waals surface area contributed by atoms with Gasteiger partial charge >= 0.3 is 0 Å². The van der Waals surface area contributed by atoms with Crippen LogP contribution < -0.4 is 14.9 Å². The fourth-order valence-electron chi connectivity index (χ4n) is 2.69. The van der Waals surface area contributed by atoms with Crippen molar-refractivity contribution >= 4 is 33.2 Å². The van der Waals surface area contributed by atoms with Gasteiger partial charge in [-0.15, -0.1) is 0 Å². The summed E-state index contributed by atoms with van der Waals surface area (Å²) in [6, 6.07) is 16.3. The van der Waals surface area contributed by atoms with Crippen molar-refractivity contribution in [3.8, 4) is 0 Å². The Morgan fingerprint density at radius 2 is 1.77 bits per heavy atom. The van der Waals surface area contributed by atoms with Crippen molar-refractivity contribution in [2.75, 3.05) is 22.9 Å². The molecule has 156 valence electrons. The van der Waals surface area contributed by atoms with Crippen LogP contribution >= 0.6 is 0 Å². The van der Waals surface area contributed by atoms with E-state index in [2.05, 4.69) is 10.6 Å². The molecule has 2 amide bonds. The minimum atomic E-state index is -3.46. The standard InChI is InChI=1S/C21H21N3O5S/c1-24(30(2,27)28)16-8-5-7-15(13-16)20(25)23-19-11-4-3-10-18(19)21(26)22-14-17-9-6-12-29-17/h3-13H,14H2,1-2H3,(H,22,26)(H,23,25). The van der Waals surface area contributed by atoms with Gasteiger partial charge in [-0.1, -0.05) is 18.2 Å². The van der Waals surface area contributed by atoms with Crippen molar-refractivity contribution in [3.63, 3.8) is 0 Å². The molecule has 0 saturated carbocycles. The summed E-state index contributed by atoms with van der Waals surface area (Å²) in [7, 11) is -2.05. The molecular formula is C21H21N3O5S. The van der Waals surface area contributed by atoms with Crippen LogP contribution in [0, 0.1) is 0 Å². The van der Waals surface area contributed by atoms with Crippen LogP contribution in [0.1, 0.15) is 26.5 Å². The smallest absolute Gasteiger partial charge is 0.255 e. The molecule has 1 aromatic heterocycles. The first kappa shape index (κ1) is 21.1. The van der Waals surface area contributed by atoms with Crippen molar-refractivity contribution in [3.05, 3.63) is 83.8 Å². The normalized spacial score (nSPS) is 11.0. The van der Waals surface area contributed by atoms with Gasteiger partial charge in [0.05, 0.1) is 36.0 Å². The highest BCUT2D eigenvalue weighted by molar-refractivity contribution is 7.92. The molecule has 0 fully saturated rings. The molecule has 0 bridgehead atoms. The highest BCUT2D eigenvalue weighted by Gasteiger charge is 2.17. The number of anilines is 2. The number of sulfonamides is 1. The fourth-order valence-corrected chi connectivity index (χ4v) is 3.19. The second-order valence-corrected chi connectivity index (χ2v) is 8.56. The highest BCUT2D eigenvalue weighted by atomic mass is 32.2. The lowest BCUT2D eigenvalue weighted by Crippen LogP contribution is -2.26. The number of hydrogen-bond acceptors (Lipinski definition) is 5. The Kier molecular flexibility index (Phi) is 6.22. The second-order valence-electron chi connectivity index (χ2n) is 6.54. The molecule has 2 aromatic carbocycles. The van der Waals surface area contributed by atoms with Crippen LogP contribution in [-0.4, -0.2) is 33.5 Å². The van der Waals surface area contributed by atoms with E-state index < -0.39 is 15.9 Å². The Bertz CT molecular complexity index is 1160. The summed E-state index contributed by atoms with van der Waals surface area (Å²) in [5.41, 5.74) is 1.24. The minimum absolute atomic E-state index is 0.216. The summed E-state index contributed by atoms with van der Waals surface area (Å²) >= 11 is 0. The van der Waals surface area contributed by atoms with Gasteiger partial charge in [-0.05, 0) is 42.5 Å². The van der Waals surface area contributed by atoms with Crippen molar-refractivity contribution in [1.29, 1.82) is 0 Å². The van der Waals surface area contributed by atoms with Crippen molar-refractivity contribution in [2.45, 2.75) is 6.54 Å². The Hall–Kier alpha value is -3.59. The van der Waals surface area contributed by atoms with Gasteiger partial charge in [0.25, 0.3) is 11.8 Å². The molecule has 0 saturated heterocycles. The number of carbonyl (C=O) groups excluding carboxylic acids is 2. The molecule has 1 heterocycles. The SMILES string of the molecule is CN(c1cccc(C(=O)Nc2ccccc2C(=O)NCc2ccco2)c1)S(C)(=O)=O. The van der Waals surface area contributed by atoms with Crippen molar-refractivity contribution in [2.24, 2.45) is 0 Å². The van der Waals surface area contributed by atoms with Crippen molar-refractivity contribution < 1.29 is 22.4 Å². The predicted molar refractivity (Wildman–Crippen MR) is 114 cm³/mol. The number of carbonyl (C=O) groups is 2. The number of para-hydroxylation sites is 1. The third kappa shape index (κ3) is 5.06. The lowest BCUT2D eigenvalue weighted by atomic mass is 10.1. The Morgan fingerprint density at radius 3 is 2.47 bits per heavy atom. The largest absolute Gasteiger partial charge is 0.467 e. The van der Waals surface area contributed by atoms with Gasteiger partial charge in [-0.2, -0.15) is 0 Å². The summed E-state index contributed by atoms with van der Waals surface area (Å²) in [5, 5.41) is 5.45. The lowest BCUT2D eigenvalue weighted by Gasteiger charge is -2.17. The predicted octanol–water partition coefficient (Wildman–Crippen LogP) is 2.86.